The number of aromatic nitrogens is 1. The second kappa shape index (κ2) is 9.10. The molecule has 1 unspecified atom stereocenters. The maximum Gasteiger partial charge on any atom is 0.417 e. The van der Waals surface area contributed by atoms with E-state index in [0.29, 0.717) is 43.4 Å². The maximum atomic E-state index is 12.7. The number of hydrogen-bond donors (Lipinski definition) is 2. The molecule has 1 aromatic carbocycles. The van der Waals surface area contributed by atoms with E-state index in [1.807, 2.05) is 11.0 Å². The van der Waals surface area contributed by atoms with Crippen LogP contribution in [0, 0.1) is 0 Å². The van der Waals surface area contributed by atoms with Gasteiger partial charge in [-0.3, -0.25) is 0 Å². The molecule has 3 rings (SSSR count). The Bertz CT molecular complexity index is 875. The Morgan fingerprint density at radius 3 is 2.60 bits per heavy atom. The number of amides is 2. The summed E-state index contributed by atoms with van der Waals surface area (Å²) in [6, 6.07) is 7.29. The number of anilines is 1. The Morgan fingerprint density at radius 1 is 1.20 bits per heavy atom. The molecule has 2 N–H and O–H groups in total. The van der Waals surface area contributed by atoms with Crippen LogP contribution in [0.15, 0.2) is 36.5 Å². The molecule has 1 fully saturated rings. The summed E-state index contributed by atoms with van der Waals surface area (Å²) >= 11 is 0. The monoisotopic (exact) mass is 424 g/mol. The predicted octanol–water partition coefficient (Wildman–Crippen LogP) is 3.20. The molecule has 2 amide bonds. The highest BCUT2D eigenvalue weighted by molar-refractivity contribution is 5.74. The zero-order valence-electron chi connectivity index (χ0n) is 16.6. The van der Waals surface area contributed by atoms with Crippen LogP contribution in [0.3, 0.4) is 0 Å². The largest absolute Gasteiger partial charge is 0.493 e. The summed E-state index contributed by atoms with van der Waals surface area (Å²) in [6.45, 7) is 1.38. The molecule has 1 saturated heterocycles. The number of hydrogen-bond acceptors (Lipinski definition) is 5. The molecule has 1 aliphatic heterocycles. The van der Waals surface area contributed by atoms with Crippen molar-refractivity contribution in [3.8, 4) is 11.5 Å². The van der Waals surface area contributed by atoms with Gasteiger partial charge in [0.2, 0.25) is 0 Å². The highest BCUT2D eigenvalue weighted by Gasteiger charge is 2.31. The summed E-state index contributed by atoms with van der Waals surface area (Å²) < 4.78 is 48.4. The van der Waals surface area contributed by atoms with Crippen LogP contribution in [-0.2, 0) is 12.7 Å². The van der Waals surface area contributed by atoms with E-state index in [0.717, 1.165) is 17.8 Å². The number of pyridine rings is 1. The summed E-state index contributed by atoms with van der Waals surface area (Å²) in [4.78, 5) is 18.0. The van der Waals surface area contributed by atoms with Gasteiger partial charge in [0, 0.05) is 31.9 Å². The number of nitrogens with zero attached hydrogens (tertiary/aromatic N) is 2. The number of carbonyl (C=O) groups excluding carboxylic acids is 1. The average Bonchev–Trinajstić information content (AvgIpc) is 3.19. The Labute approximate surface area is 172 Å². The highest BCUT2D eigenvalue weighted by Crippen LogP contribution is 2.30. The third kappa shape index (κ3) is 5.25. The highest BCUT2D eigenvalue weighted by atomic mass is 19.4. The van der Waals surface area contributed by atoms with Crippen molar-refractivity contribution in [2.45, 2.75) is 25.2 Å². The number of carbonyl (C=O) groups is 1. The van der Waals surface area contributed by atoms with Crippen molar-refractivity contribution in [2.75, 3.05) is 32.2 Å². The standard InChI is InChI=1S/C20H23F3N4O3/c1-29-16-5-3-13(9-17(16)30-2)10-25-19(28)26-15-7-8-27(12-15)18-6-4-14(11-24-18)20(21,22)23/h3-6,9,11,15H,7-8,10,12H2,1-2H3,(H2,25,26,28). The van der Waals surface area contributed by atoms with E-state index in [-0.39, 0.29) is 12.1 Å². The van der Waals surface area contributed by atoms with Crippen molar-refractivity contribution in [3.05, 3.63) is 47.7 Å². The SMILES string of the molecule is COc1ccc(CNC(=O)NC2CCN(c3ccc(C(F)(F)F)cn3)C2)cc1OC. The fourth-order valence-electron chi connectivity index (χ4n) is 3.24. The van der Waals surface area contributed by atoms with Crippen molar-refractivity contribution in [3.63, 3.8) is 0 Å². The van der Waals surface area contributed by atoms with Gasteiger partial charge in [-0.25, -0.2) is 9.78 Å². The number of halogens is 3. The fourth-order valence-corrected chi connectivity index (χ4v) is 3.24. The van der Waals surface area contributed by atoms with Gasteiger partial charge in [-0.1, -0.05) is 6.07 Å². The summed E-state index contributed by atoms with van der Waals surface area (Å²) in [5.41, 5.74) is 0.0689. The average molecular weight is 424 g/mol. The molecule has 0 aliphatic carbocycles. The Kier molecular flexibility index (Phi) is 6.53. The number of alkyl halides is 3. The molecule has 1 aromatic heterocycles. The zero-order valence-corrected chi connectivity index (χ0v) is 16.6. The molecule has 0 saturated carbocycles. The van der Waals surface area contributed by atoms with E-state index in [1.54, 1.807) is 26.4 Å². The molecule has 1 atom stereocenters. The molecule has 7 nitrogen and oxygen atoms in total. The molecule has 2 aromatic rings. The quantitative estimate of drug-likeness (QED) is 0.745. The number of benzene rings is 1. The number of methoxy groups -OCH3 is 2. The lowest BCUT2D eigenvalue weighted by Crippen LogP contribution is -2.43. The number of ether oxygens (including phenoxy) is 2. The van der Waals surface area contributed by atoms with Crippen LogP contribution in [0.25, 0.3) is 0 Å². The number of urea groups is 1. The number of rotatable bonds is 6. The minimum atomic E-state index is -4.41. The number of nitrogens with one attached hydrogen (secondary N) is 2. The summed E-state index contributed by atoms with van der Waals surface area (Å²) in [6.07, 6.45) is -2.91. The first kappa shape index (κ1) is 21.5. The Balaban J connectivity index is 1.49. The van der Waals surface area contributed by atoms with Crippen molar-refractivity contribution in [2.24, 2.45) is 0 Å². The predicted molar refractivity (Wildman–Crippen MR) is 105 cm³/mol. The summed E-state index contributed by atoms with van der Waals surface area (Å²) in [7, 11) is 3.09. The smallest absolute Gasteiger partial charge is 0.417 e. The van der Waals surface area contributed by atoms with Gasteiger partial charge in [0.15, 0.2) is 11.5 Å². The molecular formula is C20H23F3N4O3. The van der Waals surface area contributed by atoms with Gasteiger partial charge in [-0.2, -0.15) is 13.2 Å². The zero-order chi connectivity index (χ0) is 21.7. The van der Waals surface area contributed by atoms with Gasteiger partial charge < -0.3 is 25.0 Å². The fraction of sp³-hybridized carbons (Fsp3) is 0.400. The first-order chi connectivity index (χ1) is 14.3. The van der Waals surface area contributed by atoms with Gasteiger partial charge in [0.25, 0.3) is 0 Å². The molecule has 1 aliphatic rings. The van der Waals surface area contributed by atoms with Crippen molar-refractivity contribution < 1.29 is 27.4 Å². The molecule has 10 heteroatoms. The third-order valence-corrected chi connectivity index (χ3v) is 4.82. The van der Waals surface area contributed by atoms with Crippen LogP contribution in [0.1, 0.15) is 17.5 Å². The normalized spacial score (nSPS) is 16.3. The van der Waals surface area contributed by atoms with E-state index in [2.05, 4.69) is 15.6 Å². The lowest BCUT2D eigenvalue weighted by Gasteiger charge is -2.19. The van der Waals surface area contributed by atoms with Crippen molar-refractivity contribution >= 4 is 11.8 Å². The Hall–Kier alpha value is -3.17. The maximum absolute atomic E-state index is 12.7. The molecular weight excluding hydrogens is 401 g/mol. The van der Waals surface area contributed by atoms with Gasteiger partial charge in [-0.15, -0.1) is 0 Å². The minimum Gasteiger partial charge on any atom is -0.493 e. The molecule has 0 spiro atoms. The molecule has 162 valence electrons. The van der Waals surface area contributed by atoms with E-state index in [1.165, 1.54) is 6.07 Å². The second-order valence-electron chi connectivity index (χ2n) is 6.85. The van der Waals surface area contributed by atoms with Crippen LogP contribution in [-0.4, -0.2) is 44.4 Å². The molecule has 0 bridgehead atoms. The molecule has 30 heavy (non-hydrogen) atoms. The lowest BCUT2D eigenvalue weighted by atomic mass is 10.2. The topological polar surface area (TPSA) is 75.7 Å². The van der Waals surface area contributed by atoms with Crippen molar-refractivity contribution in [1.29, 1.82) is 0 Å². The van der Waals surface area contributed by atoms with E-state index < -0.39 is 11.7 Å². The van der Waals surface area contributed by atoms with Gasteiger partial charge in [0.05, 0.1) is 19.8 Å². The third-order valence-electron chi connectivity index (χ3n) is 4.82. The minimum absolute atomic E-state index is 0.125. The first-order valence-corrected chi connectivity index (χ1v) is 9.33. The van der Waals surface area contributed by atoms with E-state index in [9.17, 15) is 18.0 Å². The van der Waals surface area contributed by atoms with Crippen LogP contribution >= 0.6 is 0 Å². The summed E-state index contributed by atoms with van der Waals surface area (Å²) in [5.74, 6) is 1.64. The van der Waals surface area contributed by atoms with Crippen molar-refractivity contribution in [1.82, 2.24) is 15.6 Å². The lowest BCUT2D eigenvalue weighted by molar-refractivity contribution is -0.137. The molecule has 0 radical (unpaired) electrons. The summed E-state index contributed by atoms with van der Waals surface area (Å²) in [5, 5.41) is 5.67. The van der Waals surface area contributed by atoms with Gasteiger partial charge in [-0.05, 0) is 36.2 Å². The van der Waals surface area contributed by atoms with Gasteiger partial charge in [0.1, 0.15) is 5.82 Å². The second-order valence-corrected chi connectivity index (χ2v) is 6.85. The first-order valence-electron chi connectivity index (χ1n) is 9.33. The Morgan fingerprint density at radius 2 is 1.97 bits per heavy atom. The van der Waals surface area contributed by atoms with Crippen LogP contribution < -0.4 is 25.0 Å². The van der Waals surface area contributed by atoms with E-state index in [4.69, 9.17) is 9.47 Å². The van der Waals surface area contributed by atoms with Gasteiger partial charge >= 0.3 is 12.2 Å². The molecule has 2 heterocycles. The van der Waals surface area contributed by atoms with Crippen LogP contribution in [0.4, 0.5) is 23.8 Å². The van der Waals surface area contributed by atoms with Crippen LogP contribution in [0.2, 0.25) is 0 Å². The van der Waals surface area contributed by atoms with Crippen LogP contribution in [0.5, 0.6) is 11.5 Å². The van der Waals surface area contributed by atoms with E-state index >= 15 is 0 Å².